The van der Waals surface area contributed by atoms with E-state index in [0.29, 0.717) is 5.69 Å². The number of halogens is 2. The summed E-state index contributed by atoms with van der Waals surface area (Å²) in [6.45, 7) is 0. The van der Waals surface area contributed by atoms with Crippen molar-refractivity contribution in [1.82, 2.24) is 0 Å². The fraction of sp³-hybridized carbons (Fsp3) is 0. The van der Waals surface area contributed by atoms with E-state index < -0.39 is 7.32 Å². The Hall–Kier alpha value is -1.76. The molecule has 0 atom stereocenters. The van der Waals surface area contributed by atoms with Crippen molar-refractivity contribution in [2.75, 3.05) is 5.54 Å². The molecule has 0 fully saturated rings. The van der Waals surface area contributed by atoms with Crippen molar-refractivity contribution in [2.45, 2.75) is 0 Å². The first-order valence-electron chi connectivity index (χ1n) is 3.32. The summed E-state index contributed by atoms with van der Waals surface area (Å²) in [5, 5.41) is 33.5. The quantitative estimate of drug-likeness (QED) is 0.303. The average Bonchev–Trinajstić information content (AvgIpc) is 2.21. The smallest absolute Gasteiger partial charge is 0.402 e. The number of nitrogens with zero attached hydrogens (tertiary/aromatic N) is 2. The van der Waals surface area contributed by atoms with Crippen LogP contribution in [-0.2, 0) is 0 Å². The van der Waals surface area contributed by atoms with E-state index in [-0.39, 0.29) is 4.70 Å². The van der Waals surface area contributed by atoms with E-state index in [1.807, 2.05) is 6.07 Å². The summed E-state index contributed by atoms with van der Waals surface area (Å²) < 4.78 is 11.5. The van der Waals surface area contributed by atoms with Gasteiger partial charge in [-0.05, 0) is 12.1 Å². The predicted octanol–water partition coefficient (Wildman–Crippen LogP) is 0.114. The molecule has 0 heterocycles. The summed E-state index contributed by atoms with van der Waals surface area (Å²) in [6.07, 6.45) is 0. The summed E-state index contributed by atoms with van der Waals surface area (Å²) in [7, 11) is -2.17. The summed E-state index contributed by atoms with van der Waals surface area (Å²) in [4.78, 5) is 0. The monoisotopic (exact) mass is 221 g/mol. The lowest BCUT2D eigenvalue weighted by Crippen LogP contribution is -2.07. The van der Waals surface area contributed by atoms with Crippen LogP contribution in [0.2, 0.25) is 0 Å². The summed E-state index contributed by atoms with van der Waals surface area (Å²) in [5.41, 5.74) is 2.02. The zero-order valence-corrected chi connectivity index (χ0v) is 7.49. The van der Waals surface area contributed by atoms with Crippen molar-refractivity contribution in [3.8, 4) is 0 Å². The number of anilines is 1. The highest BCUT2D eigenvalue weighted by molar-refractivity contribution is 6.30. The highest BCUT2D eigenvalue weighted by Crippen LogP contribution is 2.03. The predicted molar refractivity (Wildman–Crippen MR) is 49.5 cm³/mol. The number of hydrogen-bond acceptors (Lipinski definition) is 6. The second-order valence-corrected chi connectivity index (χ2v) is 1.81. The topological polar surface area (TPSA) is 120 Å². The zero-order chi connectivity index (χ0) is 11.4. The van der Waals surface area contributed by atoms with Gasteiger partial charge in [0.05, 0.1) is 5.69 Å². The number of rotatable bonds is 1. The third-order valence-electron chi connectivity index (χ3n) is 0.883. The third kappa shape index (κ3) is 18.9. The fourth-order valence-corrected chi connectivity index (χ4v) is 0.501. The third-order valence-corrected chi connectivity index (χ3v) is 0.883. The standard InChI is InChI=1S/C6H6FN.BH3O3.FH.N2/c7-8-6-4-2-1-3-5-6;2-1(3)4;;1-2/h1-5,8H;2-4H;1H;. The van der Waals surface area contributed by atoms with Gasteiger partial charge in [0.2, 0.25) is 0 Å². The Morgan fingerprint density at radius 2 is 1.40 bits per heavy atom. The molecule has 0 amide bonds. The summed E-state index contributed by atoms with van der Waals surface area (Å²) in [5.74, 6) is 0. The molecular weight excluding hydrogens is 211 g/mol. The van der Waals surface area contributed by atoms with Crippen LogP contribution in [0, 0.1) is 10.8 Å². The lowest BCUT2D eigenvalue weighted by Gasteiger charge is -1.89. The molecule has 4 N–H and O–H groups in total. The summed E-state index contributed by atoms with van der Waals surface area (Å²) >= 11 is 0. The number of hydrogen-bond donors (Lipinski definition) is 4. The van der Waals surface area contributed by atoms with Gasteiger partial charge < -0.3 is 15.1 Å². The van der Waals surface area contributed by atoms with Crippen LogP contribution in [0.3, 0.4) is 0 Å². The molecule has 84 valence electrons. The molecule has 0 spiro atoms. The molecule has 9 heteroatoms. The lowest BCUT2D eigenvalue weighted by atomic mass is 10.3. The molecule has 15 heavy (non-hydrogen) atoms. The van der Waals surface area contributed by atoms with E-state index in [9.17, 15) is 4.48 Å². The van der Waals surface area contributed by atoms with Gasteiger partial charge in [-0.3, -0.25) is 4.70 Å². The van der Waals surface area contributed by atoms with Crippen molar-refractivity contribution in [1.29, 1.82) is 10.8 Å². The van der Waals surface area contributed by atoms with Crippen molar-refractivity contribution >= 4 is 13.0 Å². The zero-order valence-electron chi connectivity index (χ0n) is 7.49. The van der Waals surface area contributed by atoms with Crippen LogP contribution in [0.4, 0.5) is 14.9 Å². The molecule has 0 unspecified atom stereocenters. The Kier molecular flexibility index (Phi) is 18.6. The number of para-hydroxylation sites is 1. The largest absolute Gasteiger partial charge is 0.631 e. The molecular formula is C6H10BF2N3O3. The van der Waals surface area contributed by atoms with Gasteiger partial charge >= 0.3 is 7.32 Å². The first kappa shape index (κ1) is 18.9. The normalized spacial score (nSPS) is 6.53. The fourth-order valence-electron chi connectivity index (χ4n) is 0.501. The Morgan fingerprint density at radius 1 is 1.07 bits per heavy atom. The molecule has 0 radical (unpaired) electrons. The Labute approximate surface area is 84.9 Å². The van der Waals surface area contributed by atoms with Crippen LogP contribution < -0.4 is 5.54 Å². The van der Waals surface area contributed by atoms with Crippen LogP contribution in [0.25, 0.3) is 0 Å². The minimum Gasteiger partial charge on any atom is -0.402 e. The molecule has 1 aromatic rings. The molecule has 0 bridgehead atoms. The Balaban J connectivity index is -0.000000179. The van der Waals surface area contributed by atoms with Gasteiger partial charge in [-0.15, -0.1) is 4.48 Å². The second kappa shape index (κ2) is 14.8. The molecule has 0 saturated carbocycles. The van der Waals surface area contributed by atoms with Crippen molar-refractivity contribution in [2.24, 2.45) is 0 Å². The Morgan fingerprint density at radius 3 is 1.60 bits per heavy atom. The van der Waals surface area contributed by atoms with Crippen LogP contribution in [0.15, 0.2) is 30.3 Å². The molecule has 0 aromatic heterocycles. The maximum Gasteiger partial charge on any atom is 0.631 e. The SMILES string of the molecule is F.FNc1ccccc1.N#N.OB(O)O. The highest BCUT2D eigenvalue weighted by Gasteiger charge is 1.92. The van der Waals surface area contributed by atoms with Crippen molar-refractivity contribution in [3.63, 3.8) is 0 Å². The maximum absolute atomic E-state index is 11.5. The van der Waals surface area contributed by atoms with E-state index >= 15 is 0 Å². The first-order chi connectivity index (χ1) is 6.66. The highest BCUT2D eigenvalue weighted by atomic mass is 19.2. The van der Waals surface area contributed by atoms with E-state index in [1.54, 1.807) is 24.3 Å². The molecule has 0 saturated heterocycles. The molecule has 0 aliphatic heterocycles. The molecule has 6 nitrogen and oxygen atoms in total. The van der Waals surface area contributed by atoms with Crippen molar-refractivity contribution < 1.29 is 24.3 Å². The van der Waals surface area contributed by atoms with Crippen LogP contribution in [-0.4, -0.2) is 22.4 Å². The van der Waals surface area contributed by atoms with Gasteiger partial charge in [0.1, 0.15) is 0 Å². The Bertz CT molecular complexity index is 235. The number of benzene rings is 1. The van der Waals surface area contributed by atoms with Crippen LogP contribution in [0.1, 0.15) is 0 Å². The van der Waals surface area contributed by atoms with Crippen LogP contribution in [0.5, 0.6) is 0 Å². The molecule has 0 aliphatic carbocycles. The van der Waals surface area contributed by atoms with E-state index in [2.05, 4.69) is 0 Å². The average molecular weight is 221 g/mol. The van der Waals surface area contributed by atoms with Gasteiger partial charge in [0, 0.05) is 10.8 Å². The molecule has 0 aliphatic rings. The van der Waals surface area contributed by atoms with Gasteiger partial charge in [0.15, 0.2) is 0 Å². The van der Waals surface area contributed by atoms with Gasteiger partial charge in [-0.1, -0.05) is 18.2 Å². The van der Waals surface area contributed by atoms with Gasteiger partial charge in [-0.25, -0.2) is 5.54 Å². The second-order valence-electron chi connectivity index (χ2n) is 1.81. The van der Waals surface area contributed by atoms with Gasteiger partial charge in [0.25, 0.3) is 0 Å². The number of nitrogens with one attached hydrogen (secondary N) is 1. The maximum atomic E-state index is 11.5. The lowest BCUT2D eigenvalue weighted by molar-refractivity contribution is 0.278. The molecule has 1 aromatic carbocycles. The van der Waals surface area contributed by atoms with E-state index in [4.69, 9.17) is 25.9 Å². The van der Waals surface area contributed by atoms with Gasteiger partial charge in [-0.2, -0.15) is 0 Å². The first-order valence-corrected chi connectivity index (χ1v) is 3.32. The van der Waals surface area contributed by atoms with E-state index in [0.717, 1.165) is 0 Å². The minimum atomic E-state index is -2.17. The van der Waals surface area contributed by atoms with Crippen LogP contribution >= 0.6 is 0 Å². The van der Waals surface area contributed by atoms with Crippen molar-refractivity contribution in [3.05, 3.63) is 30.3 Å². The minimum absolute atomic E-state index is 0. The van der Waals surface area contributed by atoms with E-state index in [1.165, 1.54) is 5.54 Å². The molecule has 1 rings (SSSR count). The summed E-state index contributed by atoms with van der Waals surface area (Å²) in [6, 6.07) is 8.67.